The predicted molar refractivity (Wildman–Crippen MR) is 67.3 cm³/mol. The van der Waals surface area contributed by atoms with Gasteiger partial charge in [-0.05, 0) is 32.3 Å². The maximum atomic E-state index is 12.1. The lowest BCUT2D eigenvalue weighted by atomic mass is 10.00. The lowest BCUT2D eigenvalue weighted by Crippen LogP contribution is -2.37. The van der Waals surface area contributed by atoms with Gasteiger partial charge in [-0.1, -0.05) is 0 Å². The molecular formula is C13H15N3O2. The molecule has 1 aliphatic carbocycles. The summed E-state index contributed by atoms with van der Waals surface area (Å²) in [5.41, 5.74) is -0.360. The van der Waals surface area contributed by atoms with Crippen molar-refractivity contribution in [1.82, 2.24) is 14.5 Å². The summed E-state index contributed by atoms with van der Waals surface area (Å²) in [6, 6.07) is 3.03. The molecule has 0 amide bonds. The fraction of sp³-hybridized carbons (Fsp3) is 0.462. The van der Waals surface area contributed by atoms with E-state index in [0.717, 1.165) is 18.2 Å². The van der Waals surface area contributed by atoms with Crippen LogP contribution in [0.5, 0.6) is 0 Å². The first-order valence-corrected chi connectivity index (χ1v) is 6.13. The van der Waals surface area contributed by atoms with Gasteiger partial charge in [0, 0.05) is 17.6 Å². The number of aliphatic hydroxyl groups is 1. The quantitative estimate of drug-likeness (QED) is 0.821. The normalized spacial score (nSPS) is 27.8. The van der Waals surface area contributed by atoms with Crippen LogP contribution in [0.15, 0.2) is 29.5 Å². The first kappa shape index (κ1) is 11.3. The lowest BCUT2D eigenvalue weighted by molar-refractivity contribution is 0.0267. The molecule has 2 atom stereocenters. The van der Waals surface area contributed by atoms with Crippen LogP contribution in [0.25, 0.3) is 11.0 Å². The number of nitrogens with zero attached hydrogens (tertiary/aromatic N) is 3. The lowest BCUT2D eigenvalue weighted by Gasteiger charge is -2.27. The van der Waals surface area contributed by atoms with E-state index in [1.807, 2.05) is 0 Å². The zero-order chi connectivity index (χ0) is 12.8. The molecule has 0 bridgehead atoms. The van der Waals surface area contributed by atoms with Crippen LogP contribution in [0.2, 0.25) is 0 Å². The molecule has 2 aromatic heterocycles. The molecule has 0 radical (unpaired) electrons. The van der Waals surface area contributed by atoms with Gasteiger partial charge in [0.2, 0.25) is 0 Å². The summed E-state index contributed by atoms with van der Waals surface area (Å²) in [7, 11) is 0. The smallest absolute Gasteiger partial charge is 0.252 e. The third kappa shape index (κ3) is 1.62. The van der Waals surface area contributed by atoms with Crippen molar-refractivity contribution >= 4 is 11.0 Å². The largest absolute Gasteiger partial charge is 0.388 e. The van der Waals surface area contributed by atoms with Gasteiger partial charge in [0.1, 0.15) is 12.0 Å². The number of hydrogen-bond acceptors (Lipinski definition) is 4. The summed E-state index contributed by atoms with van der Waals surface area (Å²) < 4.78 is 1.62. The van der Waals surface area contributed by atoms with Gasteiger partial charge in [0.15, 0.2) is 0 Å². The van der Waals surface area contributed by atoms with E-state index < -0.39 is 5.60 Å². The Labute approximate surface area is 104 Å². The van der Waals surface area contributed by atoms with Crippen LogP contribution in [0.3, 0.4) is 0 Å². The van der Waals surface area contributed by atoms with Crippen LogP contribution >= 0.6 is 0 Å². The Kier molecular flexibility index (Phi) is 2.45. The molecule has 0 unspecified atom stereocenters. The van der Waals surface area contributed by atoms with Crippen molar-refractivity contribution in [1.29, 1.82) is 0 Å². The Balaban J connectivity index is 2.28. The summed E-state index contributed by atoms with van der Waals surface area (Å²) in [5.74, 6) is 0. The van der Waals surface area contributed by atoms with Gasteiger partial charge in [0.05, 0.1) is 11.6 Å². The minimum Gasteiger partial charge on any atom is -0.388 e. The average molecular weight is 245 g/mol. The third-order valence-corrected chi connectivity index (χ3v) is 3.78. The standard InChI is InChI=1S/C13H15N3O2/c1-13(18)6-2-3-10(13)16-11(17)5-4-9-7-14-8-15-12(9)16/h4-5,7-8,10,18H,2-3,6H2,1H3/t10-,13-/m0/s1. The van der Waals surface area contributed by atoms with Crippen LogP contribution < -0.4 is 5.56 Å². The highest BCUT2D eigenvalue weighted by Crippen LogP contribution is 2.39. The maximum Gasteiger partial charge on any atom is 0.252 e. The third-order valence-electron chi connectivity index (χ3n) is 3.78. The summed E-state index contributed by atoms with van der Waals surface area (Å²) in [6.45, 7) is 1.79. The highest BCUT2D eigenvalue weighted by molar-refractivity contribution is 5.73. The number of rotatable bonds is 1. The van der Waals surface area contributed by atoms with E-state index in [1.54, 1.807) is 23.8 Å². The number of pyridine rings is 1. The SMILES string of the molecule is C[C@]1(O)CCC[C@@H]1n1c(=O)ccc2cncnc21. The summed E-state index contributed by atoms with van der Waals surface area (Å²) in [4.78, 5) is 20.2. The molecule has 1 N–H and O–H groups in total. The fourth-order valence-electron chi connectivity index (χ4n) is 2.84. The monoisotopic (exact) mass is 245 g/mol. The van der Waals surface area contributed by atoms with Gasteiger partial charge in [0.25, 0.3) is 5.56 Å². The number of fused-ring (bicyclic) bond motifs is 1. The van der Waals surface area contributed by atoms with Crippen LogP contribution in [-0.4, -0.2) is 25.2 Å². The Morgan fingerprint density at radius 3 is 3.06 bits per heavy atom. The molecule has 2 heterocycles. The molecule has 94 valence electrons. The second kappa shape index (κ2) is 3.88. The Morgan fingerprint density at radius 2 is 2.33 bits per heavy atom. The van der Waals surface area contributed by atoms with Crippen LogP contribution in [0, 0.1) is 0 Å². The van der Waals surface area contributed by atoms with E-state index >= 15 is 0 Å². The van der Waals surface area contributed by atoms with Gasteiger partial charge in [-0.3, -0.25) is 9.36 Å². The molecule has 0 aromatic carbocycles. The van der Waals surface area contributed by atoms with Crippen LogP contribution in [0.1, 0.15) is 32.2 Å². The van der Waals surface area contributed by atoms with Crippen molar-refractivity contribution in [2.45, 2.75) is 37.8 Å². The molecule has 5 heteroatoms. The average Bonchev–Trinajstić information content (AvgIpc) is 2.69. The fourth-order valence-corrected chi connectivity index (χ4v) is 2.84. The van der Waals surface area contributed by atoms with Gasteiger partial charge < -0.3 is 5.11 Å². The zero-order valence-electron chi connectivity index (χ0n) is 10.2. The maximum absolute atomic E-state index is 12.1. The van der Waals surface area contributed by atoms with Gasteiger partial charge in [-0.15, -0.1) is 0 Å². The van der Waals surface area contributed by atoms with Gasteiger partial charge in [-0.25, -0.2) is 9.97 Å². The first-order chi connectivity index (χ1) is 8.59. The van der Waals surface area contributed by atoms with E-state index in [4.69, 9.17) is 0 Å². The molecular weight excluding hydrogens is 230 g/mol. The molecule has 5 nitrogen and oxygen atoms in total. The first-order valence-electron chi connectivity index (χ1n) is 6.13. The summed E-state index contributed by atoms with van der Waals surface area (Å²) >= 11 is 0. The summed E-state index contributed by atoms with van der Waals surface area (Å²) in [5, 5.41) is 11.2. The number of hydrogen-bond donors (Lipinski definition) is 1. The molecule has 1 fully saturated rings. The van der Waals surface area contributed by atoms with Crippen molar-refractivity contribution in [3.63, 3.8) is 0 Å². The van der Waals surface area contributed by atoms with E-state index in [0.29, 0.717) is 12.1 Å². The van der Waals surface area contributed by atoms with Crippen molar-refractivity contribution in [2.75, 3.05) is 0 Å². The molecule has 0 spiro atoms. The van der Waals surface area contributed by atoms with Crippen molar-refractivity contribution in [3.8, 4) is 0 Å². The van der Waals surface area contributed by atoms with Crippen molar-refractivity contribution in [3.05, 3.63) is 35.0 Å². The molecule has 1 saturated carbocycles. The number of aromatic nitrogens is 3. The minimum absolute atomic E-state index is 0.117. The molecule has 18 heavy (non-hydrogen) atoms. The molecule has 0 aliphatic heterocycles. The molecule has 3 rings (SSSR count). The highest BCUT2D eigenvalue weighted by Gasteiger charge is 2.39. The van der Waals surface area contributed by atoms with E-state index in [2.05, 4.69) is 9.97 Å². The second-order valence-corrected chi connectivity index (χ2v) is 5.11. The molecule has 0 saturated heterocycles. The predicted octanol–water partition coefficient (Wildman–Crippen LogP) is 1.27. The van der Waals surface area contributed by atoms with Gasteiger partial charge >= 0.3 is 0 Å². The van der Waals surface area contributed by atoms with Crippen molar-refractivity contribution < 1.29 is 5.11 Å². The Morgan fingerprint density at radius 1 is 1.50 bits per heavy atom. The molecule has 1 aliphatic rings. The topological polar surface area (TPSA) is 68.0 Å². The summed E-state index contributed by atoms with van der Waals surface area (Å²) in [6.07, 6.45) is 5.55. The van der Waals surface area contributed by atoms with Gasteiger partial charge in [-0.2, -0.15) is 0 Å². The molecule has 2 aromatic rings. The Bertz CT molecular complexity index is 648. The highest BCUT2D eigenvalue weighted by atomic mass is 16.3. The minimum atomic E-state index is -0.844. The van der Waals surface area contributed by atoms with Crippen LogP contribution in [-0.2, 0) is 0 Å². The van der Waals surface area contributed by atoms with Crippen LogP contribution in [0.4, 0.5) is 0 Å². The second-order valence-electron chi connectivity index (χ2n) is 5.11. The van der Waals surface area contributed by atoms with Crippen molar-refractivity contribution in [2.24, 2.45) is 0 Å². The van der Waals surface area contributed by atoms with E-state index in [-0.39, 0.29) is 11.6 Å². The van der Waals surface area contributed by atoms with E-state index in [1.165, 1.54) is 12.4 Å². The van der Waals surface area contributed by atoms with E-state index in [9.17, 15) is 9.90 Å². The Hall–Kier alpha value is -1.75. The zero-order valence-corrected chi connectivity index (χ0v) is 10.2.